The molecule has 0 aromatic heterocycles. The molecular formula is C18H28N2. The largest absolute Gasteiger partial charge is 0.382 e. The maximum absolute atomic E-state index is 3.86. The van der Waals surface area contributed by atoms with Gasteiger partial charge in [0.1, 0.15) is 0 Å². The Kier molecular flexibility index (Phi) is 4.02. The zero-order valence-corrected chi connectivity index (χ0v) is 13.1. The van der Waals surface area contributed by atoms with Crippen LogP contribution in [0.4, 0.5) is 5.69 Å². The van der Waals surface area contributed by atoms with E-state index in [0.29, 0.717) is 12.1 Å². The highest BCUT2D eigenvalue weighted by molar-refractivity contribution is 5.46. The van der Waals surface area contributed by atoms with Crippen LogP contribution in [0.5, 0.6) is 0 Å². The summed E-state index contributed by atoms with van der Waals surface area (Å²) in [4.78, 5) is 2.68. The second-order valence-electron chi connectivity index (χ2n) is 7.04. The molecule has 0 spiro atoms. The number of benzene rings is 1. The molecule has 1 N–H and O–H groups in total. The van der Waals surface area contributed by atoms with E-state index >= 15 is 0 Å². The van der Waals surface area contributed by atoms with Gasteiger partial charge in [-0.25, -0.2) is 0 Å². The topological polar surface area (TPSA) is 15.3 Å². The number of hydrogen-bond acceptors (Lipinski definition) is 2. The average molecular weight is 272 g/mol. The van der Waals surface area contributed by atoms with Crippen molar-refractivity contribution in [3.8, 4) is 0 Å². The first-order chi connectivity index (χ1) is 9.63. The van der Waals surface area contributed by atoms with Gasteiger partial charge in [0.2, 0.25) is 0 Å². The monoisotopic (exact) mass is 272 g/mol. The fraction of sp³-hybridized carbons (Fsp3) is 0.667. The van der Waals surface area contributed by atoms with E-state index < -0.39 is 0 Å². The van der Waals surface area contributed by atoms with Crippen molar-refractivity contribution in [2.45, 2.75) is 52.1 Å². The molecule has 1 saturated carbocycles. The fourth-order valence-corrected chi connectivity index (χ4v) is 4.06. The lowest BCUT2D eigenvalue weighted by Crippen LogP contribution is -2.56. The van der Waals surface area contributed by atoms with E-state index in [1.54, 1.807) is 0 Å². The molecule has 1 saturated heterocycles. The van der Waals surface area contributed by atoms with Crippen LogP contribution in [-0.4, -0.2) is 30.1 Å². The van der Waals surface area contributed by atoms with Gasteiger partial charge >= 0.3 is 0 Å². The SMILES string of the molecule is Cc1cccc(NC2C3CCCC2CN(C(C)C)C3)c1. The number of anilines is 1. The summed E-state index contributed by atoms with van der Waals surface area (Å²) < 4.78 is 0. The minimum Gasteiger partial charge on any atom is -0.382 e. The Morgan fingerprint density at radius 2 is 1.85 bits per heavy atom. The molecular weight excluding hydrogens is 244 g/mol. The molecule has 2 fully saturated rings. The molecule has 2 atom stereocenters. The first-order valence-electron chi connectivity index (χ1n) is 8.21. The van der Waals surface area contributed by atoms with Crippen molar-refractivity contribution >= 4 is 5.69 Å². The van der Waals surface area contributed by atoms with Gasteiger partial charge in [-0.15, -0.1) is 0 Å². The van der Waals surface area contributed by atoms with Gasteiger partial charge < -0.3 is 10.2 Å². The maximum Gasteiger partial charge on any atom is 0.0345 e. The Bertz CT molecular complexity index is 440. The Labute approximate surface area is 123 Å². The van der Waals surface area contributed by atoms with E-state index in [9.17, 15) is 0 Å². The summed E-state index contributed by atoms with van der Waals surface area (Å²) in [6.07, 6.45) is 4.21. The zero-order chi connectivity index (χ0) is 14.1. The van der Waals surface area contributed by atoms with Crippen molar-refractivity contribution in [2.24, 2.45) is 11.8 Å². The number of fused-ring (bicyclic) bond motifs is 2. The van der Waals surface area contributed by atoms with Crippen LogP contribution in [0.3, 0.4) is 0 Å². The Balaban J connectivity index is 1.73. The molecule has 2 bridgehead atoms. The van der Waals surface area contributed by atoms with Gasteiger partial charge in [0.25, 0.3) is 0 Å². The molecule has 3 rings (SSSR count). The van der Waals surface area contributed by atoms with Gasteiger partial charge in [-0.05, 0) is 63.1 Å². The van der Waals surface area contributed by atoms with Gasteiger partial charge in [0.05, 0.1) is 0 Å². The lowest BCUT2D eigenvalue weighted by atomic mass is 9.73. The number of piperidine rings is 1. The summed E-state index contributed by atoms with van der Waals surface area (Å²) in [6, 6.07) is 10.2. The van der Waals surface area contributed by atoms with Crippen molar-refractivity contribution in [1.29, 1.82) is 0 Å². The van der Waals surface area contributed by atoms with Gasteiger partial charge in [-0.2, -0.15) is 0 Å². The van der Waals surface area contributed by atoms with E-state index in [1.807, 2.05) is 0 Å². The van der Waals surface area contributed by atoms with Crippen LogP contribution >= 0.6 is 0 Å². The molecule has 1 heterocycles. The van der Waals surface area contributed by atoms with E-state index in [0.717, 1.165) is 11.8 Å². The average Bonchev–Trinajstić information content (AvgIpc) is 2.38. The predicted molar refractivity (Wildman–Crippen MR) is 86.1 cm³/mol. The standard InChI is InChI=1S/C18H28N2/c1-13(2)20-11-15-7-5-8-16(12-20)18(15)19-17-9-4-6-14(3)10-17/h4,6,9-10,13,15-16,18-19H,5,7-8,11-12H2,1-3H3. The number of aryl methyl sites for hydroxylation is 1. The summed E-state index contributed by atoms with van der Waals surface area (Å²) in [5.41, 5.74) is 2.66. The van der Waals surface area contributed by atoms with Crippen LogP contribution in [0.15, 0.2) is 24.3 Å². The molecule has 20 heavy (non-hydrogen) atoms. The molecule has 1 aromatic rings. The van der Waals surface area contributed by atoms with E-state index in [2.05, 4.69) is 55.3 Å². The molecule has 2 aliphatic rings. The molecule has 0 radical (unpaired) electrons. The minimum atomic E-state index is 0.681. The third-order valence-electron chi connectivity index (χ3n) is 5.19. The highest BCUT2D eigenvalue weighted by Crippen LogP contribution is 2.37. The summed E-state index contributed by atoms with van der Waals surface area (Å²) in [5, 5.41) is 3.86. The maximum atomic E-state index is 3.86. The van der Waals surface area contributed by atoms with Crippen LogP contribution in [0.1, 0.15) is 38.7 Å². The Morgan fingerprint density at radius 1 is 1.15 bits per heavy atom. The molecule has 110 valence electrons. The normalized spacial score (nSPS) is 30.5. The van der Waals surface area contributed by atoms with Crippen molar-refractivity contribution in [2.75, 3.05) is 18.4 Å². The van der Waals surface area contributed by atoms with Crippen molar-refractivity contribution < 1.29 is 0 Å². The third kappa shape index (κ3) is 2.85. The second-order valence-corrected chi connectivity index (χ2v) is 7.04. The van der Waals surface area contributed by atoms with Crippen LogP contribution in [-0.2, 0) is 0 Å². The van der Waals surface area contributed by atoms with E-state index in [-0.39, 0.29) is 0 Å². The van der Waals surface area contributed by atoms with Crippen LogP contribution in [0.25, 0.3) is 0 Å². The Hall–Kier alpha value is -1.02. The smallest absolute Gasteiger partial charge is 0.0345 e. The van der Waals surface area contributed by atoms with Crippen molar-refractivity contribution in [3.63, 3.8) is 0 Å². The predicted octanol–water partition coefficient (Wildman–Crippen LogP) is 3.92. The number of hydrogen-bond donors (Lipinski definition) is 1. The van der Waals surface area contributed by atoms with Gasteiger partial charge in [0, 0.05) is 30.9 Å². The molecule has 2 unspecified atom stereocenters. The van der Waals surface area contributed by atoms with Crippen LogP contribution < -0.4 is 5.32 Å². The number of nitrogens with zero attached hydrogens (tertiary/aromatic N) is 1. The first kappa shape index (κ1) is 13.9. The zero-order valence-electron chi connectivity index (χ0n) is 13.1. The van der Waals surface area contributed by atoms with E-state index in [4.69, 9.17) is 0 Å². The molecule has 1 aromatic carbocycles. The highest BCUT2D eigenvalue weighted by atomic mass is 15.2. The van der Waals surface area contributed by atoms with Gasteiger partial charge in [-0.1, -0.05) is 18.6 Å². The molecule has 0 amide bonds. The number of nitrogens with one attached hydrogen (secondary N) is 1. The summed E-state index contributed by atoms with van der Waals surface area (Å²) in [7, 11) is 0. The highest BCUT2D eigenvalue weighted by Gasteiger charge is 2.39. The number of likely N-dealkylation sites (tertiary alicyclic amines) is 1. The lowest BCUT2D eigenvalue weighted by Gasteiger charge is -2.49. The molecule has 2 heteroatoms. The van der Waals surface area contributed by atoms with Gasteiger partial charge in [-0.3, -0.25) is 0 Å². The van der Waals surface area contributed by atoms with Crippen LogP contribution in [0, 0.1) is 18.8 Å². The summed E-state index contributed by atoms with van der Waals surface area (Å²) in [6.45, 7) is 9.40. The Morgan fingerprint density at radius 3 is 2.45 bits per heavy atom. The second kappa shape index (κ2) is 5.77. The fourth-order valence-electron chi connectivity index (χ4n) is 4.06. The van der Waals surface area contributed by atoms with Gasteiger partial charge in [0.15, 0.2) is 0 Å². The lowest BCUT2D eigenvalue weighted by molar-refractivity contribution is 0.0518. The van der Waals surface area contributed by atoms with E-state index in [1.165, 1.54) is 43.6 Å². The number of rotatable bonds is 3. The quantitative estimate of drug-likeness (QED) is 0.897. The first-order valence-corrected chi connectivity index (χ1v) is 8.21. The molecule has 1 aliphatic heterocycles. The van der Waals surface area contributed by atoms with Crippen molar-refractivity contribution in [1.82, 2.24) is 4.90 Å². The minimum absolute atomic E-state index is 0.681. The third-order valence-corrected chi connectivity index (χ3v) is 5.19. The molecule has 2 nitrogen and oxygen atoms in total. The summed E-state index contributed by atoms with van der Waals surface area (Å²) in [5.74, 6) is 1.65. The molecule has 1 aliphatic carbocycles. The van der Waals surface area contributed by atoms with Crippen molar-refractivity contribution in [3.05, 3.63) is 29.8 Å². The van der Waals surface area contributed by atoms with Crippen LogP contribution in [0.2, 0.25) is 0 Å². The summed E-state index contributed by atoms with van der Waals surface area (Å²) >= 11 is 0.